The van der Waals surface area contributed by atoms with Crippen LogP contribution >= 0.6 is 0 Å². The summed E-state index contributed by atoms with van der Waals surface area (Å²) in [6.45, 7) is 4.44. The molecule has 0 spiro atoms. The molecule has 0 atom stereocenters. The summed E-state index contributed by atoms with van der Waals surface area (Å²) < 4.78 is 75.1. The van der Waals surface area contributed by atoms with Crippen LogP contribution < -0.4 is 4.90 Å². The number of benzene rings is 10. The maximum absolute atomic E-state index is 10.8. The highest BCUT2D eigenvalue weighted by Crippen LogP contribution is 2.58. The van der Waals surface area contributed by atoms with Crippen molar-refractivity contribution < 1.29 is 14.0 Å². The summed E-state index contributed by atoms with van der Waals surface area (Å²) in [6, 6.07) is 58.5. The number of anilines is 3. The average molecular weight is 825 g/mol. The van der Waals surface area contributed by atoms with E-state index in [4.69, 9.17) is 7.16 Å². The minimum Gasteiger partial charge on any atom is -0.455 e. The number of fused-ring (bicyclic) bond motifs is 11. The van der Waals surface area contributed by atoms with Crippen LogP contribution in [0.15, 0.2) is 229 Å². The van der Waals surface area contributed by atoms with Gasteiger partial charge < -0.3 is 9.32 Å². The minimum atomic E-state index is -1.49. The molecule has 1 heterocycles. The van der Waals surface area contributed by atoms with Crippen LogP contribution in [0.2, 0.25) is 0 Å². The fourth-order valence-corrected chi connectivity index (χ4v) is 10.8. The molecule has 11 aromatic rings. The molecule has 2 aliphatic carbocycles. The van der Waals surface area contributed by atoms with E-state index in [9.17, 15) is 6.85 Å². The molecule has 13 rings (SSSR count). The van der Waals surface area contributed by atoms with Crippen LogP contribution in [0.1, 0.15) is 56.8 Å². The second-order valence-corrected chi connectivity index (χ2v) is 17.4. The Kier molecular flexibility index (Phi) is 6.50. The molecule has 0 fully saturated rings. The Morgan fingerprint density at radius 3 is 1.92 bits per heavy atom. The summed E-state index contributed by atoms with van der Waals surface area (Å²) in [5, 5.41) is 4.11. The third kappa shape index (κ3) is 5.14. The van der Waals surface area contributed by atoms with E-state index in [1.807, 2.05) is 108 Å². The van der Waals surface area contributed by atoms with E-state index in [1.54, 1.807) is 0 Å². The highest BCUT2D eigenvalue weighted by molar-refractivity contribution is 6.17. The number of para-hydroxylation sites is 1. The zero-order chi connectivity index (χ0) is 48.7. The SMILES string of the molecule is [2H]c1c([2H])c([2H])c2c(c1[2H])-c1c([2H])c([2H])c(N(c3cccc(-c4cccc5c4oc4c6ccccc6ccc54)c3)c3ccc4c(c3)C(C)(C)c3ccccc3-4)c([2H])c1C2(c1ccccc1)c1ccccc1. The van der Waals surface area contributed by atoms with Crippen molar-refractivity contribution in [1.29, 1.82) is 0 Å². The topological polar surface area (TPSA) is 16.4 Å². The zero-order valence-corrected chi connectivity index (χ0v) is 35.2. The van der Waals surface area contributed by atoms with Gasteiger partial charge in [-0.3, -0.25) is 0 Å². The molecule has 10 aromatic carbocycles. The van der Waals surface area contributed by atoms with Crippen LogP contribution in [-0.4, -0.2) is 0 Å². The molecule has 2 aliphatic rings. The molecule has 0 amide bonds. The van der Waals surface area contributed by atoms with Gasteiger partial charge in [0.05, 0.1) is 15.0 Å². The van der Waals surface area contributed by atoms with Gasteiger partial charge in [-0.2, -0.15) is 0 Å². The summed E-state index contributed by atoms with van der Waals surface area (Å²) >= 11 is 0. The Balaban J connectivity index is 1.13. The predicted octanol–water partition coefficient (Wildman–Crippen LogP) is 16.5. The number of rotatable bonds is 6. The van der Waals surface area contributed by atoms with Gasteiger partial charge in [0.25, 0.3) is 0 Å². The lowest BCUT2D eigenvalue weighted by atomic mass is 9.67. The largest absolute Gasteiger partial charge is 0.455 e. The van der Waals surface area contributed by atoms with Crippen molar-refractivity contribution in [3.8, 4) is 33.4 Å². The second kappa shape index (κ2) is 13.8. The third-order valence-electron chi connectivity index (χ3n) is 13.8. The summed E-state index contributed by atoms with van der Waals surface area (Å²) in [4.78, 5) is 1.93. The molecule has 64 heavy (non-hydrogen) atoms. The van der Waals surface area contributed by atoms with Gasteiger partial charge in [0.1, 0.15) is 11.2 Å². The van der Waals surface area contributed by atoms with Crippen LogP contribution in [0.4, 0.5) is 17.1 Å². The lowest BCUT2D eigenvalue weighted by Gasteiger charge is -2.35. The van der Waals surface area contributed by atoms with Gasteiger partial charge in [0, 0.05) is 44.2 Å². The Bertz CT molecular complexity index is 4030. The maximum Gasteiger partial charge on any atom is 0.143 e. The van der Waals surface area contributed by atoms with E-state index in [1.165, 1.54) is 5.56 Å². The van der Waals surface area contributed by atoms with Crippen molar-refractivity contribution >= 4 is 49.8 Å². The molecular weight excluding hydrogens is 775 g/mol. The molecule has 0 radical (unpaired) electrons. The fraction of sp³-hybridized carbons (Fsp3) is 0.0645. The smallest absolute Gasteiger partial charge is 0.143 e. The van der Waals surface area contributed by atoms with Crippen LogP contribution in [-0.2, 0) is 10.8 Å². The van der Waals surface area contributed by atoms with Gasteiger partial charge in [-0.1, -0.05) is 196 Å². The van der Waals surface area contributed by atoms with Crippen LogP contribution in [0.3, 0.4) is 0 Å². The van der Waals surface area contributed by atoms with Gasteiger partial charge in [-0.15, -0.1) is 0 Å². The molecule has 2 heteroatoms. The first-order valence-corrected chi connectivity index (χ1v) is 21.8. The van der Waals surface area contributed by atoms with E-state index < -0.39 is 22.9 Å². The van der Waals surface area contributed by atoms with E-state index in [0.717, 1.165) is 60.5 Å². The summed E-state index contributed by atoms with van der Waals surface area (Å²) in [5.74, 6) is 0. The van der Waals surface area contributed by atoms with E-state index in [-0.39, 0.29) is 52.6 Å². The average Bonchev–Trinajstić information content (AvgIpc) is 4.03. The lowest BCUT2D eigenvalue weighted by molar-refractivity contribution is 0.660. The summed E-state index contributed by atoms with van der Waals surface area (Å²) in [7, 11) is 0. The van der Waals surface area contributed by atoms with Gasteiger partial charge in [-0.05, 0) is 109 Å². The molecule has 0 N–H and O–H groups in total. The molecule has 0 aliphatic heterocycles. The predicted molar refractivity (Wildman–Crippen MR) is 266 cm³/mol. The van der Waals surface area contributed by atoms with Crippen molar-refractivity contribution in [1.82, 2.24) is 0 Å². The Morgan fingerprint density at radius 1 is 0.422 bits per heavy atom. The summed E-state index contributed by atoms with van der Waals surface area (Å²) in [5.41, 5.74) is 9.60. The molecule has 0 saturated heterocycles. The normalized spacial score (nSPS) is 15.6. The van der Waals surface area contributed by atoms with Crippen molar-refractivity contribution in [2.45, 2.75) is 24.7 Å². The molecule has 2 nitrogen and oxygen atoms in total. The number of hydrogen-bond donors (Lipinski definition) is 0. The quantitative estimate of drug-likeness (QED) is 0.166. The molecule has 0 saturated carbocycles. The van der Waals surface area contributed by atoms with E-state index in [0.29, 0.717) is 28.1 Å². The molecule has 0 bridgehead atoms. The van der Waals surface area contributed by atoms with Crippen LogP contribution in [0, 0.1) is 0 Å². The van der Waals surface area contributed by atoms with Gasteiger partial charge in [-0.25, -0.2) is 0 Å². The monoisotopic (exact) mass is 824 g/mol. The van der Waals surface area contributed by atoms with Gasteiger partial charge >= 0.3 is 0 Å². The summed E-state index contributed by atoms with van der Waals surface area (Å²) in [6.07, 6.45) is 0. The van der Waals surface area contributed by atoms with Crippen LogP contribution in [0.5, 0.6) is 0 Å². The molecule has 1 aromatic heterocycles. The molecule has 0 unspecified atom stereocenters. The first kappa shape index (κ1) is 30.2. The van der Waals surface area contributed by atoms with E-state index in [2.05, 4.69) is 92.7 Å². The highest BCUT2D eigenvalue weighted by Gasteiger charge is 2.46. The number of furan rings is 1. The van der Waals surface area contributed by atoms with Crippen molar-refractivity contribution in [2.24, 2.45) is 0 Å². The third-order valence-corrected chi connectivity index (χ3v) is 13.8. The Hall–Kier alpha value is -7.94. The Morgan fingerprint density at radius 2 is 1.08 bits per heavy atom. The standard InChI is InChI=1S/C62H43NO/c1-61(2)55-29-13-11-25-49(55)51-35-32-45(38-57(51)61)63(44-23-15-18-41(37-44)48-27-16-28-53-54-34-31-40-17-9-10-24-47(40)59(54)64-60(48)53)46-33-36-52-50-26-12-14-30-56(50)62(58(52)39-46,42-19-5-3-6-20-42)43-21-7-4-8-22-43/h3-39H,1-2H3/i12D,14D,26D,30D,33D,36D,39D. The first-order chi connectivity index (χ1) is 34.4. The van der Waals surface area contributed by atoms with Crippen molar-refractivity contribution in [2.75, 3.05) is 4.90 Å². The fourth-order valence-electron chi connectivity index (χ4n) is 10.8. The van der Waals surface area contributed by atoms with E-state index >= 15 is 0 Å². The van der Waals surface area contributed by atoms with Gasteiger partial charge in [0.2, 0.25) is 0 Å². The first-order valence-electron chi connectivity index (χ1n) is 25.3. The van der Waals surface area contributed by atoms with Crippen LogP contribution in [0.25, 0.3) is 66.1 Å². The molecule has 302 valence electrons. The number of hydrogen-bond acceptors (Lipinski definition) is 2. The number of nitrogens with zero attached hydrogens (tertiary/aromatic N) is 1. The minimum absolute atomic E-state index is 0.0681. The van der Waals surface area contributed by atoms with Crippen molar-refractivity contribution in [3.63, 3.8) is 0 Å². The zero-order valence-electron chi connectivity index (χ0n) is 42.2. The second-order valence-electron chi connectivity index (χ2n) is 17.4. The van der Waals surface area contributed by atoms with Crippen molar-refractivity contribution in [3.05, 3.63) is 258 Å². The molecular formula is C62H43NO. The lowest BCUT2D eigenvalue weighted by Crippen LogP contribution is -2.28. The highest BCUT2D eigenvalue weighted by atomic mass is 16.3. The Labute approximate surface area is 383 Å². The maximum atomic E-state index is 10.8. The van der Waals surface area contributed by atoms with Gasteiger partial charge in [0.15, 0.2) is 0 Å².